The summed E-state index contributed by atoms with van der Waals surface area (Å²) >= 11 is 0. The van der Waals surface area contributed by atoms with Gasteiger partial charge in [0.15, 0.2) is 5.78 Å². The maximum absolute atomic E-state index is 13.0. The Hall–Kier alpha value is -4.92. The van der Waals surface area contributed by atoms with Crippen LogP contribution in [0.3, 0.4) is 0 Å². The summed E-state index contributed by atoms with van der Waals surface area (Å²) < 4.78 is 0. The van der Waals surface area contributed by atoms with Crippen molar-refractivity contribution in [3.63, 3.8) is 0 Å². The molecule has 0 saturated carbocycles. The number of imide groups is 2. The summed E-state index contributed by atoms with van der Waals surface area (Å²) in [5.74, 6) is -4.16. The predicted octanol–water partition coefficient (Wildman–Crippen LogP) is 2.30. The van der Waals surface area contributed by atoms with Gasteiger partial charge in [-0.3, -0.25) is 29.3 Å². The summed E-state index contributed by atoms with van der Waals surface area (Å²) in [6, 6.07) is 13.5. The van der Waals surface area contributed by atoms with Crippen LogP contribution in [-0.2, 0) is 0 Å². The number of nitrogens with zero attached hydrogens (tertiary/aromatic N) is 1. The van der Waals surface area contributed by atoms with Gasteiger partial charge < -0.3 is 5.11 Å². The number of carbonyl (C=O) groups excluding carboxylic acids is 5. The molecule has 2 N–H and O–H groups in total. The van der Waals surface area contributed by atoms with Crippen molar-refractivity contribution in [3.05, 3.63) is 99.6 Å². The first-order valence-electron chi connectivity index (χ1n) is 9.67. The molecule has 4 amide bonds. The van der Waals surface area contributed by atoms with Gasteiger partial charge in [-0.1, -0.05) is 18.2 Å². The zero-order valence-electron chi connectivity index (χ0n) is 16.6. The number of ketones is 1. The van der Waals surface area contributed by atoms with Crippen molar-refractivity contribution in [2.24, 2.45) is 0 Å². The fraction of sp³-hybridized carbons (Fsp3) is 0. The number of hydrogen-bond acceptors (Lipinski definition) is 6. The molecule has 0 spiro atoms. The molecule has 9 nitrogen and oxygen atoms in total. The topological polar surface area (TPSA) is 138 Å². The van der Waals surface area contributed by atoms with Gasteiger partial charge in [-0.15, -0.1) is 0 Å². The van der Waals surface area contributed by atoms with Crippen molar-refractivity contribution in [3.8, 4) is 0 Å². The normalized spacial score (nSPS) is 14.2. The van der Waals surface area contributed by atoms with Crippen molar-refractivity contribution in [2.45, 2.75) is 0 Å². The third kappa shape index (κ3) is 3.02. The first-order valence-corrected chi connectivity index (χ1v) is 9.67. The molecule has 0 atom stereocenters. The third-order valence-corrected chi connectivity index (χ3v) is 5.50. The molecule has 2 heterocycles. The molecule has 5 rings (SSSR count). The van der Waals surface area contributed by atoms with Gasteiger partial charge in [0.2, 0.25) is 0 Å². The Kier molecular flexibility index (Phi) is 4.28. The number of benzene rings is 3. The van der Waals surface area contributed by atoms with Gasteiger partial charge in [0, 0.05) is 11.1 Å². The molecule has 0 radical (unpaired) electrons. The zero-order valence-corrected chi connectivity index (χ0v) is 16.6. The van der Waals surface area contributed by atoms with Crippen molar-refractivity contribution in [1.29, 1.82) is 0 Å². The van der Waals surface area contributed by atoms with Crippen molar-refractivity contribution < 1.29 is 33.9 Å². The fourth-order valence-electron chi connectivity index (χ4n) is 3.87. The molecule has 0 fully saturated rings. The van der Waals surface area contributed by atoms with Crippen LogP contribution in [0.2, 0.25) is 0 Å². The highest BCUT2D eigenvalue weighted by atomic mass is 16.4. The largest absolute Gasteiger partial charge is 0.478 e. The monoisotopic (exact) mass is 440 g/mol. The molecule has 0 unspecified atom stereocenters. The standard InChI is InChI=1S/C24H12N2O7/c27-19(11-4-6-15-17(9-11)21(29)25-20(15)28)12-5-7-16-18(10-12)23(31)26(22(16)30)14-3-1-2-13(8-14)24(32)33/h1-10H,(H,32,33)(H,25,28,29). The summed E-state index contributed by atoms with van der Waals surface area (Å²) in [5.41, 5.74) is 0.606. The highest BCUT2D eigenvalue weighted by Crippen LogP contribution is 2.30. The van der Waals surface area contributed by atoms with Gasteiger partial charge in [0.1, 0.15) is 0 Å². The van der Waals surface area contributed by atoms with Gasteiger partial charge in [0.05, 0.1) is 33.5 Å². The molecule has 0 aromatic heterocycles. The third-order valence-electron chi connectivity index (χ3n) is 5.50. The number of amides is 4. The first-order chi connectivity index (χ1) is 15.8. The van der Waals surface area contributed by atoms with Gasteiger partial charge in [0.25, 0.3) is 23.6 Å². The molecule has 0 aliphatic carbocycles. The Bertz CT molecular complexity index is 1470. The Morgan fingerprint density at radius 3 is 1.97 bits per heavy atom. The molecule has 3 aromatic carbocycles. The molecule has 33 heavy (non-hydrogen) atoms. The van der Waals surface area contributed by atoms with Crippen molar-refractivity contribution in [2.75, 3.05) is 4.90 Å². The Morgan fingerprint density at radius 1 is 0.667 bits per heavy atom. The van der Waals surface area contributed by atoms with E-state index >= 15 is 0 Å². The second kappa shape index (κ2) is 7.06. The van der Waals surface area contributed by atoms with E-state index in [0.29, 0.717) is 0 Å². The van der Waals surface area contributed by atoms with E-state index in [-0.39, 0.29) is 44.6 Å². The van der Waals surface area contributed by atoms with Crippen LogP contribution in [0, 0.1) is 0 Å². The lowest BCUT2D eigenvalue weighted by Gasteiger charge is -2.14. The summed E-state index contributed by atoms with van der Waals surface area (Å²) in [7, 11) is 0. The number of rotatable bonds is 4. The number of hydrogen-bond donors (Lipinski definition) is 2. The van der Waals surface area contributed by atoms with Crippen LogP contribution in [0.25, 0.3) is 0 Å². The molecule has 0 bridgehead atoms. The fourth-order valence-corrected chi connectivity index (χ4v) is 3.87. The predicted molar refractivity (Wildman–Crippen MR) is 113 cm³/mol. The molecular formula is C24H12N2O7. The number of nitrogens with one attached hydrogen (secondary N) is 1. The van der Waals surface area contributed by atoms with Crippen LogP contribution in [-0.4, -0.2) is 40.5 Å². The van der Waals surface area contributed by atoms with E-state index < -0.39 is 35.4 Å². The molecule has 9 heteroatoms. The Labute approximate surface area is 185 Å². The van der Waals surface area contributed by atoms with E-state index in [0.717, 1.165) is 4.90 Å². The van der Waals surface area contributed by atoms with Gasteiger partial charge >= 0.3 is 5.97 Å². The minimum Gasteiger partial charge on any atom is -0.478 e. The van der Waals surface area contributed by atoms with Crippen LogP contribution < -0.4 is 10.2 Å². The lowest BCUT2D eigenvalue weighted by molar-refractivity contribution is 0.0694. The van der Waals surface area contributed by atoms with Crippen LogP contribution in [0.5, 0.6) is 0 Å². The highest BCUT2D eigenvalue weighted by Gasteiger charge is 2.37. The minimum atomic E-state index is -1.20. The maximum atomic E-state index is 13.0. The van der Waals surface area contributed by atoms with Gasteiger partial charge in [-0.25, -0.2) is 9.69 Å². The molecule has 3 aromatic rings. The molecule has 2 aliphatic heterocycles. The molecular weight excluding hydrogens is 428 g/mol. The summed E-state index contributed by atoms with van der Waals surface area (Å²) in [6.07, 6.45) is 0. The SMILES string of the molecule is O=C(O)c1cccc(N2C(=O)c3ccc(C(=O)c4ccc5c(c4)C(=O)NC5=O)cc3C2=O)c1. The Balaban J connectivity index is 1.50. The van der Waals surface area contributed by atoms with E-state index in [4.69, 9.17) is 0 Å². The maximum Gasteiger partial charge on any atom is 0.335 e. The van der Waals surface area contributed by atoms with Crippen molar-refractivity contribution >= 4 is 41.1 Å². The average Bonchev–Trinajstić information content (AvgIpc) is 3.24. The number of carbonyl (C=O) groups is 6. The molecule has 0 saturated heterocycles. The van der Waals surface area contributed by atoms with E-state index in [1.807, 2.05) is 0 Å². The first kappa shape index (κ1) is 20.0. The van der Waals surface area contributed by atoms with Gasteiger partial charge in [-0.2, -0.15) is 0 Å². The summed E-state index contributed by atoms with van der Waals surface area (Å²) in [6.45, 7) is 0. The van der Waals surface area contributed by atoms with E-state index in [1.165, 1.54) is 60.7 Å². The number of fused-ring (bicyclic) bond motifs is 2. The van der Waals surface area contributed by atoms with Crippen LogP contribution in [0.4, 0.5) is 5.69 Å². The van der Waals surface area contributed by atoms with Crippen molar-refractivity contribution in [1.82, 2.24) is 5.32 Å². The average molecular weight is 440 g/mol. The minimum absolute atomic E-state index is 0.000610. The van der Waals surface area contributed by atoms with Crippen LogP contribution in [0.1, 0.15) is 67.7 Å². The second-order valence-corrected chi connectivity index (χ2v) is 7.43. The van der Waals surface area contributed by atoms with Crippen LogP contribution >= 0.6 is 0 Å². The van der Waals surface area contributed by atoms with E-state index in [9.17, 15) is 33.9 Å². The highest BCUT2D eigenvalue weighted by molar-refractivity contribution is 6.35. The second-order valence-electron chi connectivity index (χ2n) is 7.43. The summed E-state index contributed by atoms with van der Waals surface area (Å²) in [4.78, 5) is 74.5. The van der Waals surface area contributed by atoms with E-state index in [2.05, 4.69) is 5.32 Å². The number of anilines is 1. The van der Waals surface area contributed by atoms with Crippen LogP contribution in [0.15, 0.2) is 60.7 Å². The lowest BCUT2D eigenvalue weighted by atomic mass is 9.96. The number of carboxylic acids is 1. The van der Waals surface area contributed by atoms with E-state index in [1.54, 1.807) is 0 Å². The molecule has 160 valence electrons. The quantitative estimate of drug-likeness (QED) is 0.469. The molecule has 2 aliphatic rings. The zero-order chi connectivity index (χ0) is 23.4. The van der Waals surface area contributed by atoms with Gasteiger partial charge in [-0.05, 0) is 42.5 Å². The summed E-state index contributed by atoms with van der Waals surface area (Å²) in [5, 5.41) is 11.3. The Morgan fingerprint density at radius 2 is 1.27 bits per heavy atom. The lowest BCUT2D eigenvalue weighted by Crippen LogP contribution is -2.29. The number of carboxylic acid groups (broad SMARTS) is 1. The number of aromatic carboxylic acids is 1. The smallest absolute Gasteiger partial charge is 0.335 e.